The number of hydrogen-bond donors (Lipinski definition) is 2. The van der Waals surface area contributed by atoms with Gasteiger partial charge in [0.1, 0.15) is 0 Å². The third-order valence-electron chi connectivity index (χ3n) is 4.80. The molecule has 3 N–H and O–H groups in total. The maximum Gasteiger partial charge on any atom is 0.0944 e. The van der Waals surface area contributed by atoms with Crippen molar-refractivity contribution in [2.45, 2.75) is 31.0 Å². The topological polar surface area (TPSA) is 49.5 Å². The highest BCUT2D eigenvalue weighted by atomic mass is 16.3. The van der Waals surface area contributed by atoms with E-state index in [1.165, 1.54) is 16.8 Å². The van der Waals surface area contributed by atoms with Crippen molar-refractivity contribution in [3.05, 3.63) is 65.2 Å². The fourth-order valence-corrected chi connectivity index (χ4v) is 3.84. The van der Waals surface area contributed by atoms with Gasteiger partial charge in [-0.3, -0.25) is 0 Å². The predicted octanol–water partition coefficient (Wildman–Crippen LogP) is 2.55. The molecule has 3 heteroatoms. The number of aliphatic hydroxyl groups excluding tert-OH is 1. The summed E-state index contributed by atoms with van der Waals surface area (Å²) in [5.41, 5.74) is 11.1. The molecule has 0 amide bonds. The molecule has 1 aliphatic heterocycles. The van der Waals surface area contributed by atoms with Crippen LogP contribution < -0.4 is 10.6 Å². The van der Waals surface area contributed by atoms with Crippen molar-refractivity contribution in [1.82, 2.24) is 0 Å². The molecule has 3 nitrogen and oxygen atoms in total. The van der Waals surface area contributed by atoms with Crippen LogP contribution in [0, 0.1) is 0 Å². The molecule has 2 aliphatic rings. The van der Waals surface area contributed by atoms with Gasteiger partial charge in [-0.2, -0.15) is 0 Å². The van der Waals surface area contributed by atoms with Gasteiger partial charge in [0, 0.05) is 30.7 Å². The minimum Gasteiger partial charge on any atom is -0.387 e. The summed E-state index contributed by atoms with van der Waals surface area (Å²) in [6.07, 6.45) is 0.351. The summed E-state index contributed by atoms with van der Waals surface area (Å²) in [5.74, 6) is 0.457. The highest BCUT2D eigenvalue weighted by Gasteiger charge is 2.39. The zero-order valence-corrected chi connectivity index (χ0v) is 11.9. The Balaban J connectivity index is 1.71. The number of aliphatic hydroxyl groups is 1. The van der Waals surface area contributed by atoms with E-state index >= 15 is 0 Å². The largest absolute Gasteiger partial charge is 0.387 e. The standard InChI is InChI=1S/C18H20N2O/c19-15-9-13-11-20(10-12-5-2-1-3-6-12)16-8-4-7-14(17(13)16)18(15)21/h1-8,13,15,18,21H,9-11,19H2. The van der Waals surface area contributed by atoms with Gasteiger partial charge >= 0.3 is 0 Å². The van der Waals surface area contributed by atoms with Crippen LogP contribution in [0.4, 0.5) is 5.69 Å². The van der Waals surface area contributed by atoms with Crippen LogP contribution in [0.15, 0.2) is 48.5 Å². The minimum absolute atomic E-state index is 0.144. The molecule has 2 aromatic carbocycles. The molecular formula is C18H20N2O. The Hall–Kier alpha value is -1.84. The Morgan fingerprint density at radius 3 is 2.71 bits per heavy atom. The normalized spacial score (nSPS) is 26.8. The molecule has 0 saturated carbocycles. The zero-order chi connectivity index (χ0) is 14.4. The van der Waals surface area contributed by atoms with Crippen molar-refractivity contribution >= 4 is 5.69 Å². The Labute approximate surface area is 125 Å². The Morgan fingerprint density at radius 2 is 1.90 bits per heavy atom. The van der Waals surface area contributed by atoms with E-state index in [4.69, 9.17) is 5.73 Å². The molecular weight excluding hydrogens is 260 g/mol. The Bertz CT molecular complexity index is 656. The molecule has 2 aromatic rings. The van der Waals surface area contributed by atoms with Gasteiger partial charge in [-0.15, -0.1) is 0 Å². The summed E-state index contributed by atoms with van der Waals surface area (Å²) in [6, 6.07) is 16.6. The van der Waals surface area contributed by atoms with Gasteiger partial charge in [0.05, 0.1) is 6.10 Å². The van der Waals surface area contributed by atoms with Crippen LogP contribution >= 0.6 is 0 Å². The second-order valence-electron chi connectivity index (χ2n) is 6.19. The molecule has 0 aromatic heterocycles. The summed E-state index contributed by atoms with van der Waals surface area (Å²) in [4.78, 5) is 2.42. The average Bonchev–Trinajstić information content (AvgIpc) is 2.85. The van der Waals surface area contributed by atoms with Gasteiger partial charge in [0.2, 0.25) is 0 Å². The van der Waals surface area contributed by atoms with Crippen molar-refractivity contribution < 1.29 is 5.11 Å². The molecule has 1 heterocycles. The molecule has 3 unspecified atom stereocenters. The molecule has 3 atom stereocenters. The maximum atomic E-state index is 10.3. The van der Waals surface area contributed by atoms with Crippen molar-refractivity contribution in [3.63, 3.8) is 0 Å². The van der Waals surface area contributed by atoms with Crippen LogP contribution in [0.3, 0.4) is 0 Å². The van der Waals surface area contributed by atoms with Crippen LogP contribution in [0.1, 0.15) is 35.1 Å². The number of nitrogens with zero attached hydrogens (tertiary/aromatic N) is 1. The van der Waals surface area contributed by atoms with Gasteiger partial charge in [-0.05, 0) is 29.2 Å². The number of benzene rings is 2. The molecule has 0 saturated heterocycles. The average molecular weight is 280 g/mol. The van der Waals surface area contributed by atoms with E-state index in [1.54, 1.807) is 0 Å². The van der Waals surface area contributed by atoms with Gasteiger partial charge in [-0.25, -0.2) is 0 Å². The van der Waals surface area contributed by atoms with E-state index in [1.807, 2.05) is 18.2 Å². The van der Waals surface area contributed by atoms with Gasteiger partial charge < -0.3 is 15.7 Å². The molecule has 1 aliphatic carbocycles. The lowest BCUT2D eigenvalue weighted by Crippen LogP contribution is -2.35. The fourth-order valence-electron chi connectivity index (χ4n) is 3.84. The van der Waals surface area contributed by atoms with Crippen LogP contribution in [-0.2, 0) is 6.54 Å². The number of nitrogens with two attached hydrogens (primary N) is 1. The van der Waals surface area contributed by atoms with Gasteiger partial charge in [0.25, 0.3) is 0 Å². The van der Waals surface area contributed by atoms with Crippen LogP contribution in [-0.4, -0.2) is 17.7 Å². The summed E-state index contributed by atoms with van der Waals surface area (Å²) >= 11 is 0. The summed E-state index contributed by atoms with van der Waals surface area (Å²) in [5, 5.41) is 10.3. The number of rotatable bonds is 2. The number of anilines is 1. The fraction of sp³-hybridized carbons (Fsp3) is 0.333. The van der Waals surface area contributed by atoms with Crippen LogP contribution in [0.25, 0.3) is 0 Å². The molecule has 0 bridgehead atoms. The smallest absolute Gasteiger partial charge is 0.0944 e. The van der Waals surface area contributed by atoms with E-state index in [9.17, 15) is 5.11 Å². The summed E-state index contributed by atoms with van der Waals surface area (Å²) in [6.45, 7) is 1.92. The number of hydrogen-bond acceptors (Lipinski definition) is 3. The molecule has 108 valence electrons. The van der Waals surface area contributed by atoms with Crippen LogP contribution in [0.2, 0.25) is 0 Å². The first kappa shape index (κ1) is 12.9. The zero-order valence-electron chi connectivity index (χ0n) is 11.9. The maximum absolute atomic E-state index is 10.3. The first-order chi connectivity index (χ1) is 10.2. The van der Waals surface area contributed by atoms with E-state index in [0.29, 0.717) is 5.92 Å². The van der Waals surface area contributed by atoms with E-state index in [0.717, 1.165) is 25.1 Å². The highest BCUT2D eigenvalue weighted by molar-refractivity contribution is 5.64. The monoisotopic (exact) mass is 280 g/mol. The Kier molecular flexibility index (Phi) is 2.98. The lowest BCUT2D eigenvalue weighted by molar-refractivity contribution is 0.129. The van der Waals surface area contributed by atoms with Crippen molar-refractivity contribution in [2.75, 3.05) is 11.4 Å². The van der Waals surface area contributed by atoms with E-state index in [2.05, 4.69) is 35.2 Å². The lowest BCUT2D eigenvalue weighted by Gasteiger charge is -2.30. The quantitative estimate of drug-likeness (QED) is 0.889. The van der Waals surface area contributed by atoms with E-state index < -0.39 is 6.10 Å². The third-order valence-corrected chi connectivity index (χ3v) is 4.80. The van der Waals surface area contributed by atoms with Gasteiger partial charge in [-0.1, -0.05) is 42.5 Å². The minimum atomic E-state index is -0.520. The first-order valence-electron chi connectivity index (χ1n) is 7.59. The molecule has 4 rings (SSSR count). The van der Waals surface area contributed by atoms with Crippen molar-refractivity contribution in [3.8, 4) is 0 Å². The lowest BCUT2D eigenvalue weighted by atomic mass is 9.80. The van der Waals surface area contributed by atoms with Gasteiger partial charge in [0.15, 0.2) is 0 Å². The molecule has 0 spiro atoms. The highest BCUT2D eigenvalue weighted by Crippen LogP contribution is 2.47. The second-order valence-corrected chi connectivity index (χ2v) is 6.19. The van der Waals surface area contributed by atoms with Crippen molar-refractivity contribution in [1.29, 1.82) is 0 Å². The first-order valence-corrected chi connectivity index (χ1v) is 7.59. The predicted molar refractivity (Wildman–Crippen MR) is 84.2 cm³/mol. The summed E-state index contributed by atoms with van der Waals surface area (Å²) < 4.78 is 0. The molecule has 21 heavy (non-hydrogen) atoms. The Morgan fingerprint density at radius 1 is 1.10 bits per heavy atom. The van der Waals surface area contributed by atoms with E-state index in [-0.39, 0.29) is 6.04 Å². The summed E-state index contributed by atoms with van der Waals surface area (Å²) in [7, 11) is 0. The third kappa shape index (κ3) is 2.04. The SMILES string of the molecule is NC1CC2CN(Cc3ccccc3)c3cccc(c32)C1O. The second kappa shape index (κ2) is 4.86. The molecule has 0 radical (unpaired) electrons. The molecule has 0 fully saturated rings. The van der Waals surface area contributed by atoms with Crippen LogP contribution in [0.5, 0.6) is 0 Å². The van der Waals surface area contributed by atoms with Crippen molar-refractivity contribution in [2.24, 2.45) is 5.73 Å².